The molecule has 5 nitrogen and oxygen atoms in total. The molecular weight excluding hydrogens is 288 g/mol. The highest BCUT2D eigenvalue weighted by atomic mass is 32.2. The van der Waals surface area contributed by atoms with Crippen molar-refractivity contribution in [2.45, 2.75) is 44.6 Å². The van der Waals surface area contributed by atoms with E-state index in [1.165, 1.54) is 4.31 Å². The van der Waals surface area contributed by atoms with Gasteiger partial charge in [0.15, 0.2) is 0 Å². The van der Waals surface area contributed by atoms with Crippen molar-refractivity contribution in [3.63, 3.8) is 0 Å². The van der Waals surface area contributed by atoms with Crippen LogP contribution in [0.4, 0.5) is 5.69 Å². The second-order valence-corrected chi connectivity index (χ2v) is 7.93. The quantitative estimate of drug-likeness (QED) is 0.890. The zero-order valence-electron chi connectivity index (χ0n) is 13.1. The van der Waals surface area contributed by atoms with E-state index < -0.39 is 15.6 Å². The Morgan fingerprint density at radius 3 is 2.33 bits per heavy atom. The number of aliphatic hydroxyl groups is 1. The van der Waals surface area contributed by atoms with Crippen molar-refractivity contribution in [3.05, 3.63) is 23.3 Å². The molecular formula is C15H24N2O3S. The molecule has 0 aliphatic carbocycles. The van der Waals surface area contributed by atoms with E-state index in [0.29, 0.717) is 17.9 Å². The molecule has 1 aromatic rings. The van der Waals surface area contributed by atoms with Crippen LogP contribution in [0.3, 0.4) is 0 Å². The number of hydrogen-bond acceptors (Lipinski definition) is 4. The summed E-state index contributed by atoms with van der Waals surface area (Å²) in [5.41, 5.74) is 1.47. The molecule has 2 rings (SSSR count). The van der Waals surface area contributed by atoms with Gasteiger partial charge in [0.2, 0.25) is 10.0 Å². The molecule has 0 saturated carbocycles. The molecule has 0 bridgehead atoms. The summed E-state index contributed by atoms with van der Waals surface area (Å²) < 4.78 is 27.0. The third kappa shape index (κ3) is 3.22. The van der Waals surface area contributed by atoms with E-state index in [1.807, 2.05) is 32.9 Å². The zero-order chi connectivity index (χ0) is 15.8. The van der Waals surface area contributed by atoms with Gasteiger partial charge in [-0.1, -0.05) is 0 Å². The fourth-order valence-electron chi connectivity index (χ4n) is 2.90. The van der Waals surface area contributed by atoms with Crippen LogP contribution < -0.4 is 5.32 Å². The fourth-order valence-corrected chi connectivity index (χ4v) is 4.87. The standard InChI is InChI=1S/C15H24N2O3S/c1-5-16-13-8-11(2)14(12(3)9-13)21(19,20)17-7-6-15(4,18)10-17/h8-9,16,18H,5-7,10H2,1-4H3. The van der Waals surface area contributed by atoms with E-state index in [0.717, 1.165) is 23.4 Å². The van der Waals surface area contributed by atoms with Gasteiger partial charge in [-0.3, -0.25) is 0 Å². The predicted octanol–water partition coefficient (Wildman–Crippen LogP) is 1.88. The maximum absolute atomic E-state index is 12.8. The topological polar surface area (TPSA) is 69.6 Å². The minimum atomic E-state index is -3.56. The van der Waals surface area contributed by atoms with Gasteiger partial charge in [-0.2, -0.15) is 4.31 Å². The van der Waals surface area contributed by atoms with E-state index in [9.17, 15) is 13.5 Å². The lowest BCUT2D eigenvalue weighted by Gasteiger charge is -2.21. The molecule has 1 unspecified atom stereocenters. The molecule has 1 atom stereocenters. The molecule has 0 spiro atoms. The molecule has 2 N–H and O–H groups in total. The maximum Gasteiger partial charge on any atom is 0.243 e. The SMILES string of the molecule is CCNc1cc(C)c(S(=O)(=O)N2CCC(C)(O)C2)c(C)c1. The van der Waals surface area contributed by atoms with E-state index in [-0.39, 0.29) is 6.54 Å². The third-order valence-electron chi connectivity index (χ3n) is 3.86. The molecule has 6 heteroatoms. The van der Waals surface area contributed by atoms with Crippen molar-refractivity contribution in [1.29, 1.82) is 0 Å². The Morgan fingerprint density at radius 1 is 1.33 bits per heavy atom. The van der Waals surface area contributed by atoms with Crippen molar-refractivity contribution >= 4 is 15.7 Å². The number of β-amino-alcohol motifs (C(OH)–C–C–N with tert-alkyl or cyclic N) is 1. The summed E-state index contributed by atoms with van der Waals surface area (Å²) in [4.78, 5) is 0.363. The number of nitrogens with one attached hydrogen (secondary N) is 1. The highest BCUT2D eigenvalue weighted by Gasteiger charge is 2.39. The van der Waals surface area contributed by atoms with Crippen molar-refractivity contribution < 1.29 is 13.5 Å². The van der Waals surface area contributed by atoms with Crippen LogP contribution in [0.25, 0.3) is 0 Å². The molecule has 118 valence electrons. The van der Waals surface area contributed by atoms with Gasteiger partial charge < -0.3 is 10.4 Å². The number of hydrogen-bond donors (Lipinski definition) is 2. The Morgan fingerprint density at radius 2 is 1.90 bits per heavy atom. The lowest BCUT2D eigenvalue weighted by molar-refractivity contribution is 0.0762. The van der Waals surface area contributed by atoms with Gasteiger partial charge in [0.05, 0.1) is 10.5 Å². The minimum absolute atomic E-state index is 0.156. The van der Waals surface area contributed by atoms with Crippen LogP contribution in [0.1, 0.15) is 31.4 Å². The van der Waals surface area contributed by atoms with E-state index in [1.54, 1.807) is 6.92 Å². The molecule has 0 aromatic heterocycles. The lowest BCUT2D eigenvalue weighted by atomic mass is 10.1. The van der Waals surface area contributed by atoms with Crippen LogP contribution in [-0.2, 0) is 10.0 Å². The Balaban J connectivity index is 2.41. The first kappa shape index (κ1) is 16.3. The van der Waals surface area contributed by atoms with Crippen LogP contribution >= 0.6 is 0 Å². The predicted molar refractivity (Wildman–Crippen MR) is 84.1 cm³/mol. The van der Waals surface area contributed by atoms with Gasteiger partial charge in [-0.05, 0) is 57.4 Å². The molecule has 1 saturated heterocycles. The number of rotatable bonds is 4. The van der Waals surface area contributed by atoms with Gasteiger partial charge in [0.1, 0.15) is 0 Å². The number of benzene rings is 1. The van der Waals surface area contributed by atoms with Crippen LogP contribution in [0.15, 0.2) is 17.0 Å². The third-order valence-corrected chi connectivity index (χ3v) is 6.01. The number of aryl methyl sites for hydroxylation is 2. The van der Waals surface area contributed by atoms with Gasteiger partial charge in [-0.15, -0.1) is 0 Å². The van der Waals surface area contributed by atoms with Gasteiger partial charge in [0.25, 0.3) is 0 Å². The first-order chi connectivity index (χ1) is 9.67. The van der Waals surface area contributed by atoms with Gasteiger partial charge in [0, 0.05) is 25.3 Å². The Hall–Kier alpha value is -1.11. The van der Waals surface area contributed by atoms with Crippen molar-refractivity contribution in [1.82, 2.24) is 4.31 Å². The summed E-state index contributed by atoms with van der Waals surface area (Å²) in [7, 11) is -3.56. The molecule has 1 aliphatic rings. The van der Waals surface area contributed by atoms with Crippen LogP contribution in [0, 0.1) is 13.8 Å². The van der Waals surface area contributed by atoms with E-state index >= 15 is 0 Å². The number of sulfonamides is 1. The Kier molecular flexibility index (Phi) is 4.33. The fraction of sp³-hybridized carbons (Fsp3) is 0.600. The monoisotopic (exact) mass is 312 g/mol. The molecule has 0 radical (unpaired) electrons. The second kappa shape index (κ2) is 5.59. The average Bonchev–Trinajstić information content (AvgIpc) is 2.69. The first-order valence-corrected chi connectivity index (χ1v) is 8.69. The summed E-state index contributed by atoms with van der Waals surface area (Å²) in [5.74, 6) is 0. The summed E-state index contributed by atoms with van der Waals surface area (Å²) >= 11 is 0. The Bertz CT molecular complexity index is 615. The smallest absolute Gasteiger partial charge is 0.243 e. The molecule has 21 heavy (non-hydrogen) atoms. The van der Waals surface area contributed by atoms with Gasteiger partial charge >= 0.3 is 0 Å². The van der Waals surface area contributed by atoms with Gasteiger partial charge in [-0.25, -0.2) is 8.42 Å². The average molecular weight is 312 g/mol. The van der Waals surface area contributed by atoms with Crippen LogP contribution in [-0.4, -0.2) is 43.1 Å². The zero-order valence-corrected chi connectivity index (χ0v) is 13.9. The maximum atomic E-state index is 12.8. The lowest BCUT2D eigenvalue weighted by Crippen LogP contribution is -2.34. The molecule has 1 fully saturated rings. The first-order valence-electron chi connectivity index (χ1n) is 7.25. The molecule has 1 heterocycles. The summed E-state index contributed by atoms with van der Waals surface area (Å²) in [5, 5.41) is 13.2. The van der Waals surface area contributed by atoms with E-state index in [4.69, 9.17) is 0 Å². The number of nitrogens with zero attached hydrogens (tertiary/aromatic N) is 1. The highest BCUT2D eigenvalue weighted by Crippen LogP contribution is 2.31. The van der Waals surface area contributed by atoms with Crippen molar-refractivity contribution in [3.8, 4) is 0 Å². The molecule has 1 aliphatic heterocycles. The van der Waals surface area contributed by atoms with Crippen molar-refractivity contribution in [2.75, 3.05) is 25.0 Å². The Labute approximate surface area is 127 Å². The van der Waals surface area contributed by atoms with Crippen LogP contribution in [0.5, 0.6) is 0 Å². The summed E-state index contributed by atoms with van der Waals surface area (Å²) in [6.07, 6.45) is 0.472. The van der Waals surface area contributed by atoms with Crippen molar-refractivity contribution in [2.24, 2.45) is 0 Å². The minimum Gasteiger partial charge on any atom is -0.389 e. The number of anilines is 1. The highest BCUT2D eigenvalue weighted by molar-refractivity contribution is 7.89. The largest absolute Gasteiger partial charge is 0.389 e. The van der Waals surface area contributed by atoms with Crippen LogP contribution in [0.2, 0.25) is 0 Å². The summed E-state index contributed by atoms with van der Waals surface area (Å²) in [6.45, 7) is 8.62. The van der Waals surface area contributed by atoms with E-state index in [2.05, 4.69) is 5.32 Å². The normalized spacial score (nSPS) is 23.5. The molecule has 1 aromatic carbocycles. The second-order valence-electron chi connectivity index (χ2n) is 6.06. The summed E-state index contributed by atoms with van der Waals surface area (Å²) in [6, 6.07) is 3.72. The molecule has 0 amide bonds.